The first-order chi connectivity index (χ1) is 9.96. The Balaban J connectivity index is 2.23. The van der Waals surface area contributed by atoms with Crippen LogP contribution in [0.15, 0.2) is 23.2 Å². The molecule has 0 spiro atoms. The SMILES string of the molecule is CCCCOc1ccc(O)c(C2=N[C@@](C)(C(=O)O)CS2)c1. The van der Waals surface area contributed by atoms with E-state index in [0.717, 1.165) is 12.8 Å². The number of aliphatic carboxylic acids is 1. The number of benzene rings is 1. The fourth-order valence-electron chi connectivity index (χ4n) is 1.86. The van der Waals surface area contributed by atoms with E-state index in [-0.39, 0.29) is 5.75 Å². The molecule has 2 N–H and O–H groups in total. The van der Waals surface area contributed by atoms with Crippen LogP contribution in [-0.2, 0) is 4.79 Å². The summed E-state index contributed by atoms with van der Waals surface area (Å²) >= 11 is 1.34. The van der Waals surface area contributed by atoms with Gasteiger partial charge in [-0.05, 0) is 31.5 Å². The number of aliphatic imine (C=N–C) groups is 1. The molecule has 0 aliphatic carbocycles. The van der Waals surface area contributed by atoms with Crippen LogP contribution in [0.3, 0.4) is 0 Å². The van der Waals surface area contributed by atoms with Crippen molar-refractivity contribution in [2.75, 3.05) is 12.4 Å². The van der Waals surface area contributed by atoms with Gasteiger partial charge in [0.1, 0.15) is 16.5 Å². The van der Waals surface area contributed by atoms with Crippen LogP contribution in [0.5, 0.6) is 11.5 Å². The number of carbonyl (C=O) groups is 1. The van der Waals surface area contributed by atoms with E-state index in [1.54, 1.807) is 25.1 Å². The van der Waals surface area contributed by atoms with Gasteiger partial charge in [0, 0.05) is 5.75 Å². The predicted octanol–water partition coefficient (Wildman–Crippen LogP) is 2.91. The minimum atomic E-state index is -1.13. The average Bonchev–Trinajstić information content (AvgIpc) is 2.85. The predicted molar refractivity (Wildman–Crippen MR) is 83.5 cm³/mol. The number of ether oxygens (including phenoxy) is 1. The van der Waals surface area contributed by atoms with Gasteiger partial charge in [-0.3, -0.25) is 4.99 Å². The number of hydrogen-bond donors (Lipinski definition) is 2. The Labute approximate surface area is 128 Å². The summed E-state index contributed by atoms with van der Waals surface area (Å²) in [6, 6.07) is 4.96. The quantitative estimate of drug-likeness (QED) is 0.790. The van der Waals surface area contributed by atoms with E-state index in [0.29, 0.717) is 28.7 Å². The number of phenolic OH excluding ortho intramolecular Hbond substituents is 1. The molecule has 21 heavy (non-hydrogen) atoms. The second kappa shape index (κ2) is 6.39. The first-order valence-electron chi connectivity index (χ1n) is 6.88. The Morgan fingerprint density at radius 1 is 1.52 bits per heavy atom. The summed E-state index contributed by atoms with van der Waals surface area (Å²) in [6.07, 6.45) is 2.01. The van der Waals surface area contributed by atoms with Gasteiger partial charge in [-0.25, -0.2) is 4.79 Å². The minimum Gasteiger partial charge on any atom is -0.507 e. The van der Waals surface area contributed by atoms with Crippen LogP contribution < -0.4 is 4.74 Å². The second-order valence-corrected chi connectivity index (χ2v) is 6.13. The van der Waals surface area contributed by atoms with Crippen LogP contribution >= 0.6 is 11.8 Å². The van der Waals surface area contributed by atoms with Gasteiger partial charge in [0.2, 0.25) is 0 Å². The molecule has 1 aliphatic heterocycles. The van der Waals surface area contributed by atoms with E-state index < -0.39 is 11.5 Å². The number of aromatic hydroxyl groups is 1. The van der Waals surface area contributed by atoms with E-state index in [2.05, 4.69) is 11.9 Å². The van der Waals surface area contributed by atoms with Crippen molar-refractivity contribution < 1.29 is 19.7 Å². The molecule has 0 fully saturated rings. The smallest absolute Gasteiger partial charge is 0.332 e. The lowest BCUT2D eigenvalue weighted by Gasteiger charge is -2.12. The first kappa shape index (κ1) is 15.7. The van der Waals surface area contributed by atoms with Crippen LogP contribution in [0.2, 0.25) is 0 Å². The first-order valence-corrected chi connectivity index (χ1v) is 7.87. The van der Waals surface area contributed by atoms with Crippen LogP contribution in [-0.4, -0.2) is 39.1 Å². The van der Waals surface area contributed by atoms with Gasteiger partial charge in [0.25, 0.3) is 0 Å². The second-order valence-electron chi connectivity index (χ2n) is 5.17. The van der Waals surface area contributed by atoms with Crippen molar-refractivity contribution in [3.63, 3.8) is 0 Å². The topological polar surface area (TPSA) is 79.1 Å². The Kier molecular flexibility index (Phi) is 4.77. The van der Waals surface area contributed by atoms with Gasteiger partial charge in [0.05, 0.1) is 12.2 Å². The largest absolute Gasteiger partial charge is 0.507 e. The number of nitrogens with zero attached hydrogens (tertiary/aromatic N) is 1. The normalized spacial score (nSPS) is 21.1. The maximum absolute atomic E-state index is 11.2. The van der Waals surface area contributed by atoms with Crippen molar-refractivity contribution in [2.24, 2.45) is 4.99 Å². The highest BCUT2D eigenvalue weighted by Crippen LogP contribution is 2.35. The lowest BCUT2D eigenvalue weighted by atomic mass is 10.1. The number of hydrogen-bond acceptors (Lipinski definition) is 5. The standard InChI is InChI=1S/C15H19NO4S/c1-3-4-7-20-10-5-6-12(17)11(8-10)13-16-15(2,9-21-13)14(18)19/h5-6,8,17H,3-4,7,9H2,1-2H3,(H,18,19)/t15-/m1/s1. The molecule has 0 radical (unpaired) electrons. The molecule has 5 nitrogen and oxygen atoms in total. The molecule has 114 valence electrons. The van der Waals surface area contributed by atoms with Gasteiger partial charge in [-0.1, -0.05) is 13.3 Å². The molecule has 2 rings (SSSR count). The maximum Gasteiger partial charge on any atom is 0.332 e. The van der Waals surface area contributed by atoms with Crippen LogP contribution in [0.4, 0.5) is 0 Å². The number of phenols is 1. The molecule has 1 aromatic rings. The summed E-state index contributed by atoms with van der Waals surface area (Å²) in [6.45, 7) is 4.28. The fraction of sp³-hybridized carbons (Fsp3) is 0.467. The molecule has 0 saturated carbocycles. The van der Waals surface area contributed by atoms with Crippen LogP contribution in [0.1, 0.15) is 32.3 Å². The molecule has 1 atom stereocenters. The molecule has 1 heterocycles. The molecule has 0 bridgehead atoms. The van der Waals surface area contributed by atoms with Gasteiger partial charge >= 0.3 is 5.97 Å². The van der Waals surface area contributed by atoms with Crippen molar-refractivity contribution in [1.82, 2.24) is 0 Å². The van der Waals surface area contributed by atoms with Crippen molar-refractivity contribution in [1.29, 1.82) is 0 Å². The van der Waals surface area contributed by atoms with E-state index in [4.69, 9.17) is 4.74 Å². The molecule has 1 aliphatic rings. The Morgan fingerprint density at radius 2 is 2.29 bits per heavy atom. The van der Waals surface area contributed by atoms with Crippen molar-refractivity contribution in [3.8, 4) is 11.5 Å². The zero-order chi connectivity index (χ0) is 15.5. The third-order valence-corrected chi connectivity index (χ3v) is 4.56. The zero-order valence-corrected chi connectivity index (χ0v) is 12.9. The minimum absolute atomic E-state index is 0.0822. The molecule has 0 unspecified atom stereocenters. The highest BCUT2D eigenvalue weighted by Gasteiger charge is 2.39. The lowest BCUT2D eigenvalue weighted by Crippen LogP contribution is -2.33. The van der Waals surface area contributed by atoms with Crippen molar-refractivity contribution in [2.45, 2.75) is 32.2 Å². The maximum atomic E-state index is 11.2. The summed E-state index contributed by atoms with van der Waals surface area (Å²) in [5.41, 5.74) is -0.607. The molecule has 0 amide bonds. The number of carboxylic acid groups (broad SMARTS) is 1. The van der Waals surface area contributed by atoms with E-state index >= 15 is 0 Å². The number of unbranched alkanes of at least 4 members (excludes halogenated alkanes) is 1. The Hall–Kier alpha value is -1.69. The molecule has 0 saturated heterocycles. The summed E-state index contributed by atoms with van der Waals surface area (Å²) in [5, 5.41) is 19.7. The fourth-order valence-corrected chi connectivity index (χ4v) is 3.05. The number of carboxylic acids is 1. The average molecular weight is 309 g/mol. The third kappa shape index (κ3) is 3.50. The monoisotopic (exact) mass is 309 g/mol. The van der Waals surface area contributed by atoms with Crippen molar-refractivity contribution in [3.05, 3.63) is 23.8 Å². The van der Waals surface area contributed by atoms with E-state index in [1.807, 2.05) is 0 Å². The number of rotatable bonds is 6. The Morgan fingerprint density at radius 3 is 2.90 bits per heavy atom. The van der Waals surface area contributed by atoms with Gasteiger partial charge in [-0.2, -0.15) is 0 Å². The van der Waals surface area contributed by atoms with Crippen molar-refractivity contribution >= 4 is 22.8 Å². The van der Waals surface area contributed by atoms with E-state index in [9.17, 15) is 15.0 Å². The van der Waals surface area contributed by atoms with Gasteiger partial charge in [-0.15, -0.1) is 11.8 Å². The third-order valence-electron chi connectivity index (χ3n) is 3.26. The van der Waals surface area contributed by atoms with Gasteiger partial charge < -0.3 is 14.9 Å². The summed E-state index contributed by atoms with van der Waals surface area (Å²) in [5.74, 6) is 0.139. The Bertz CT molecular complexity index is 573. The highest BCUT2D eigenvalue weighted by atomic mass is 32.2. The summed E-state index contributed by atoms with van der Waals surface area (Å²) < 4.78 is 5.61. The molecule has 0 aromatic heterocycles. The van der Waals surface area contributed by atoms with Crippen LogP contribution in [0, 0.1) is 0 Å². The van der Waals surface area contributed by atoms with Crippen LogP contribution in [0.25, 0.3) is 0 Å². The zero-order valence-electron chi connectivity index (χ0n) is 12.1. The molecular formula is C15H19NO4S. The summed E-state index contributed by atoms with van der Waals surface area (Å²) in [7, 11) is 0. The number of thioether (sulfide) groups is 1. The highest BCUT2D eigenvalue weighted by molar-refractivity contribution is 8.14. The van der Waals surface area contributed by atoms with E-state index in [1.165, 1.54) is 11.8 Å². The molecule has 6 heteroatoms. The van der Waals surface area contributed by atoms with Gasteiger partial charge in [0.15, 0.2) is 5.54 Å². The lowest BCUT2D eigenvalue weighted by molar-refractivity contribution is -0.141. The molecular weight excluding hydrogens is 290 g/mol. The summed E-state index contributed by atoms with van der Waals surface area (Å²) in [4.78, 5) is 15.5. The molecule has 1 aromatic carbocycles.